The Kier molecular flexibility index (Phi) is 4.95. The Hall–Kier alpha value is -1.67. The van der Waals surface area contributed by atoms with E-state index in [1.54, 1.807) is 6.07 Å². The largest absolute Gasteiger partial charge is 0.487 e. The zero-order valence-electron chi connectivity index (χ0n) is 13.3. The Morgan fingerprint density at radius 3 is 2.78 bits per heavy atom. The lowest BCUT2D eigenvalue weighted by atomic mass is 9.89. The maximum Gasteiger partial charge on any atom is 0.235 e. The van der Waals surface area contributed by atoms with E-state index in [4.69, 9.17) is 4.74 Å². The number of amides is 1. The number of benzene rings is 1. The van der Waals surface area contributed by atoms with Gasteiger partial charge in [0.25, 0.3) is 0 Å². The SMILES string of the molecule is CCS(=O)(=O)NCC(=O)N[C@H]1CC(C)(C)Oc2cc(F)ccc21. The summed E-state index contributed by atoms with van der Waals surface area (Å²) in [6.45, 7) is 4.86. The number of nitrogens with one attached hydrogen (secondary N) is 2. The van der Waals surface area contributed by atoms with E-state index in [-0.39, 0.29) is 18.3 Å². The van der Waals surface area contributed by atoms with Crippen molar-refractivity contribution in [3.8, 4) is 5.75 Å². The lowest BCUT2D eigenvalue weighted by molar-refractivity contribution is -0.121. The molecule has 1 aromatic carbocycles. The van der Waals surface area contributed by atoms with Gasteiger partial charge in [-0.05, 0) is 26.8 Å². The molecule has 1 aliphatic rings. The van der Waals surface area contributed by atoms with Gasteiger partial charge in [-0.1, -0.05) is 6.07 Å². The molecule has 1 amide bonds. The highest BCUT2D eigenvalue weighted by atomic mass is 32.2. The van der Waals surface area contributed by atoms with Gasteiger partial charge < -0.3 is 10.1 Å². The molecular formula is C15H21FN2O4S. The highest BCUT2D eigenvalue weighted by Crippen LogP contribution is 2.39. The third kappa shape index (κ3) is 4.65. The standard InChI is InChI=1S/C15H21FN2O4S/c1-4-23(20,21)17-9-14(19)18-12-8-15(2,3)22-13-7-10(16)5-6-11(12)13/h5-7,12,17H,4,8-9H2,1-3H3,(H,18,19)/t12-/m0/s1. The summed E-state index contributed by atoms with van der Waals surface area (Å²) in [5, 5.41) is 2.78. The van der Waals surface area contributed by atoms with Crippen molar-refractivity contribution in [3.63, 3.8) is 0 Å². The quantitative estimate of drug-likeness (QED) is 0.847. The number of carbonyl (C=O) groups is 1. The molecule has 0 bridgehead atoms. The number of halogens is 1. The number of carbonyl (C=O) groups excluding carboxylic acids is 1. The predicted octanol–water partition coefficient (Wildman–Crippen LogP) is 1.48. The van der Waals surface area contributed by atoms with Crippen LogP contribution in [0.4, 0.5) is 4.39 Å². The van der Waals surface area contributed by atoms with Crippen LogP contribution < -0.4 is 14.8 Å². The molecule has 1 atom stereocenters. The van der Waals surface area contributed by atoms with Crippen LogP contribution in [-0.4, -0.2) is 32.2 Å². The fourth-order valence-corrected chi connectivity index (χ4v) is 3.03. The molecule has 2 N–H and O–H groups in total. The molecule has 0 spiro atoms. The van der Waals surface area contributed by atoms with Crippen LogP contribution in [0.3, 0.4) is 0 Å². The van der Waals surface area contributed by atoms with Gasteiger partial charge in [0.05, 0.1) is 18.3 Å². The molecule has 0 unspecified atom stereocenters. The summed E-state index contributed by atoms with van der Waals surface area (Å²) in [6.07, 6.45) is 0.498. The highest BCUT2D eigenvalue weighted by molar-refractivity contribution is 7.89. The Balaban J connectivity index is 2.12. The second-order valence-electron chi connectivity index (χ2n) is 6.09. The summed E-state index contributed by atoms with van der Waals surface area (Å²) in [5.41, 5.74) is 0.110. The van der Waals surface area contributed by atoms with Crippen molar-refractivity contribution in [2.45, 2.75) is 38.8 Å². The van der Waals surface area contributed by atoms with Crippen LogP contribution in [0.5, 0.6) is 5.75 Å². The molecule has 0 fully saturated rings. The van der Waals surface area contributed by atoms with Gasteiger partial charge in [-0.3, -0.25) is 4.79 Å². The van der Waals surface area contributed by atoms with Gasteiger partial charge in [0.2, 0.25) is 15.9 Å². The summed E-state index contributed by atoms with van der Waals surface area (Å²) >= 11 is 0. The summed E-state index contributed by atoms with van der Waals surface area (Å²) in [4.78, 5) is 12.0. The van der Waals surface area contributed by atoms with Crippen LogP contribution in [0, 0.1) is 5.82 Å². The van der Waals surface area contributed by atoms with Gasteiger partial charge in [0, 0.05) is 18.1 Å². The molecule has 0 aromatic heterocycles. The number of sulfonamides is 1. The molecule has 1 heterocycles. The molecule has 0 radical (unpaired) electrons. The molecule has 0 saturated carbocycles. The summed E-state index contributed by atoms with van der Waals surface area (Å²) in [5.74, 6) is -0.560. The van der Waals surface area contributed by atoms with E-state index in [1.807, 2.05) is 13.8 Å². The Morgan fingerprint density at radius 2 is 2.13 bits per heavy atom. The van der Waals surface area contributed by atoms with Crippen molar-refractivity contribution >= 4 is 15.9 Å². The molecule has 2 rings (SSSR count). The van der Waals surface area contributed by atoms with Gasteiger partial charge >= 0.3 is 0 Å². The monoisotopic (exact) mass is 344 g/mol. The smallest absolute Gasteiger partial charge is 0.235 e. The molecule has 23 heavy (non-hydrogen) atoms. The number of hydrogen-bond donors (Lipinski definition) is 2. The topological polar surface area (TPSA) is 84.5 Å². The maximum atomic E-state index is 13.4. The van der Waals surface area contributed by atoms with Crippen LogP contribution in [-0.2, 0) is 14.8 Å². The number of fused-ring (bicyclic) bond motifs is 1. The van der Waals surface area contributed by atoms with E-state index < -0.39 is 27.3 Å². The van der Waals surface area contributed by atoms with Crippen molar-refractivity contribution in [3.05, 3.63) is 29.6 Å². The average molecular weight is 344 g/mol. The van der Waals surface area contributed by atoms with Crippen LogP contribution in [0.2, 0.25) is 0 Å². The fourth-order valence-electron chi connectivity index (χ4n) is 2.48. The van der Waals surface area contributed by atoms with Gasteiger partial charge in [0.15, 0.2) is 0 Å². The maximum absolute atomic E-state index is 13.4. The minimum atomic E-state index is -3.43. The van der Waals surface area contributed by atoms with E-state index in [2.05, 4.69) is 10.0 Å². The van der Waals surface area contributed by atoms with Crippen LogP contribution in [0.1, 0.15) is 38.8 Å². The van der Waals surface area contributed by atoms with Crippen molar-refractivity contribution in [1.82, 2.24) is 10.0 Å². The van der Waals surface area contributed by atoms with Gasteiger partial charge in [-0.15, -0.1) is 0 Å². The van der Waals surface area contributed by atoms with E-state index >= 15 is 0 Å². The average Bonchev–Trinajstić information content (AvgIpc) is 2.43. The van der Waals surface area contributed by atoms with Crippen molar-refractivity contribution in [1.29, 1.82) is 0 Å². The third-order valence-corrected chi connectivity index (χ3v) is 4.95. The molecule has 0 saturated heterocycles. The molecule has 1 aromatic rings. The number of rotatable bonds is 5. The second kappa shape index (κ2) is 6.45. The van der Waals surface area contributed by atoms with E-state index in [9.17, 15) is 17.6 Å². The molecular weight excluding hydrogens is 323 g/mol. The van der Waals surface area contributed by atoms with Gasteiger partial charge in [-0.2, -0.15) is 0 Å². The fraction of sp³-hybridized carbons (Fsp3) is 0.533. The summed E-state index contributed by atoms with van der Waals surface area (Å²) in [7, 11) is -3.43. The first-order chi connectivity index (χ1) is 10.6. The van der Waals surface area contributed by atoms with Crippen molar-refractivity contribution < 1.29 is 22.3 Å². The molecule has 6 nitrogen and oxygen atoms in total. The van der Waals surface area contributed by atoms with E-state index in [0.717, 1.165) is 0 Å². The predicted molar refractivity (Wildman–Crippen MR) is 84.1 cm³/mol. The van der Waals surface area contributed by atoms with Crippen LogP contribution in [0.25, 0.3) is 0 Å². The van der Waals surface area contributed by atoms with Crippen molar-refractivity contribution in [2.75, 3.05) is 12.3 Å². The first-order valence-corrected chi connectivity index (χ1v) is 9.02. The van der Waals surface area contributed by atoms with Gasteiger partial charge in [0.1, 0.15) is 17.2 Å². The number of hydrogen-bond acceptors (Lipinski definition) is 4. The third-order valence-electron chi connectivity index (χ3n) is 3.60. The normalized spacial score (nSPS) is 19.6. The molecule has 1 aliphatic heterocycles. The van der Waals surface area contributed by atoms with E-state index in [0.29, 0.717) is 17.7 Å². The lowest BCUT2D eigenvalue weighted by Crippen LogP contribution is -2.44. The van der Waals surface area contributed by atoms with Crippen LogP contribution >= 0.6 is 0 Å². The molecule has 0 aliphatic carbocycles. The van der Waals surface area contributed by atoms with Gasteiger partial charge in [-0.25, -0.2) is 17.5 Å². The summed E-state index contributed by atoms with van der Waals surface area (Å²) in [6, 6.07) is 3.79. The highest BCUT2D eigenvalue weighted by Gasteiger charge is 2.34. The second-order valence-corrected chi connectivity index (χ2v) is 8.19. The minimum Gasteiger partial charge on any atom is -0.487 e. The lowest BCUT2D eigenvalue weighted by Gasteiger charge is -2.37. The van der Waals surface area contributed by atoms with E-state index in [1.165, 1.54) is 19.1 Å². The Morgan fingerprint density at radius 1 is 1.43 bits per heavy atom. The first-order valence-electron chi connectivity index (χ1n) is 7.37. The van der Waals surface area contributed by atoms with Crippen molar-refractivity contribution in [2.24, 2.45) is 0 Å². The van der Waals surface area contributed by atoms with Crippen LogP contribution in [0.15, 0.2) is 18.2 Å². The zero-order chi connectivity index (χ0) is 17.3. The number of ether oxygens (including phenoxy) is 1. The minimum absolute atomic E-state index is 0.0906. The first kappa shape index (κ1) is 17.7. The Labute approximate surface area is 135 Å². The Bertz CT molecular complexity index is 703. The zero-order valence-corrected chi connectivity index (χ0v) is 14.2. The molecule has 8 heteroatoms. The summed E-state index contributed by atoms with van der Waals surface area (Å²) < 4.78 is 44.1. The molecule has 128 valence electrons.